The molecule has 1 N–H and O–H groups in total. The largest absolute Gasteiger partial charge is 0.487 e. The minimum absolute atomic E-state index is 0.105. The highest BCUT2D eigenvalue weighted by molar-refractivity contribution is 5.76. The van der Waals surface area contributed by atoms with Gasteiger partial charge in [-0.1, -0.05) is 47.5 Å². The molecule has 0 aromatic carbocycles. The summed E-state index contributed by atoms with van der Waals surface area (Å²) in [6.07, 6.45) is 7.56. The fourth-order valence-corrected chi connectivity index (χ4v) is 3.55. The Balaban J connectivity index is 2.39. The number of carbonyl (C=O) groups is 1. The molecule has 7 nitrogen and oxygen atoms in total. The highest BCUT2D eigenvalue weighted by Crippen LogP contribution is 2.35. The van der Waals surface area contributed by atoms with Crippen LogP contribution in [0, 0.1) is 17.3 Å². The maximum Gasteiger partial charge on any atom is 0.328 e. The SMILES string of the molecule is CCCCOc1cn(CCCCCCOC(=O)C(C)(CC(C)C)C(C)C)c(=O)[nH]c1=O. The van der Waals surface area contributed by atoms with Crippen molar-refractivity contribution >= 4 is 5.97 Å². The highest BCUT2D eigenvalue weighted by atomic mass is 16.5. The first-order valence-corrected chi connectivity index (χ1v) is 11.8. The van der Waals surface area contributed by atoms with Gasteiger partial charge in [0.15, 0.2) is 0 Å². The molecule has 31 heavy (non-hydrogen) atoms. The van der Waals surface area contributed by atoms with Crippen LogP contribution in [-0.2, 0) is 16.1 Å². The topological polar surface area (TPSA) is 90.4 Å². The molecule has 0 aliphatic rings. The van der Waals surface area contributed by atoms with Gasteiger partial charge in [-0.3, -0.25) is 19.1 Å². The maximum atomic E-state index is 12.6. The van der Waals surface area contributed by atoms with Crippen molar-refractivity contribution in [1.82, 2.24) is 9.55 Å². The molecular weight excluding hydrogens is 396 g/mol. The minimum atomic E-state index is -0.481. The predicted molar refractivity (Wildman–Crippen MR) is 124 cm³/mol. The van der Waals surface area contributed by atoms with Gasteiger partial charge in [0.2, 0.25) is 5.75 Å². The molecule has 0 radical (unpaired) electrons. The number of hydrogen-bond acceptors (Lipinski definition) is 5. The number of esters is 1. The van der Waals surface area contributed by atoms with Crippen molar-refractivity contribution in [3.63, 3.8) is 0 Å². The van der Waals surface area contributed by atoms with Gasteiger partial charge in [-0.2, -0.15) is 0 Å². The molecule has 1 rings (SSSR count). The van der Waals surface area contributed by atoms with Gasteiger partial charge in [0.1, 0.15) is 0 Å². The highest BCUT2D eigenvalue weighted by Gasteiger charge is 2.38. The van der Waals surface area contributed by atoms with E-state index >= 15 is 0 Å². The number of rotatable bonds is 15. The number of carbonyl (C=O) groups excluding carboxylic acids is 1. The summed E-state index contributed by atoms with van der Waals surface area (Å²) < 4.78 is 12.5. The van der Waals surface area contributed by atoms with Crippen molar-refractivity contribution in [2.75, 3.05) is 13.2 Å². The van der Waals surface area contributed by atoms with Crippen LogP contribution in [0.3, 0.4) is 0 Å². The number of H-pyrrole nitrogens is 1. The lowest BCUT2D eigenvalue weighted by atomic mass is 9.73. The van der Waals surface area contributed by atoms with Gasteiger partial charge in [-0.15, -0.1) is 0 Å². The van der Waals surface area contributed by atoms with Gasteiger partial charge in [-0.05, 0) is 50.9 Å². The zero-order chi connectivity index (χ0) is 23.4. The van der Waals surface area contributed by atoms with Crippen molar-refractivity contribution in [1.29, 1.82) is 0 Å². The second kappa shape index (κ2) is 13.4. The van der Waals surface area contributed by atoms with Gasteiger partial charge >= 0.3 is 11.7 Å². The van der Waals surface area contributed by atoms with E-state index in [1.165, 1.54) is 10.8 Å². The summed E-state index contributed by atoms with van der Waals surface area (Å²) in [7, 11) is 0. The van der Waals surface area contributed by atoms with Crippen molar-refractivity contribution in [2.45, 2.75) is 93.0 Å². The molecule has 7 heteroatoms. The van der Waals surface area contributed by atoms with Crippen LogP contribution in [0.4, 0.5) is 0 Å². The summed E-state index contributed by atoms with van der Waals surface area (Å²) >= 11 is 0. The van der Waals surface area contributed by atoms with Crippen LogP contribution >= 0.6 is 0 Å². The van der Waals surface area contributed by atoms with Crippen LogP contribution < -0.4 is 16.0 Å². The molecule has 0 aliphatic heterocycles. The van der Waals surface area contributed by atoms with E-state index in [0.717, 1.165) is 44.9 Å². The van der Waals surface area contributed by atoms with Gasteiger partial charge < -0.3 is 9.47 Å². The van der Waals surface area contributed by atoms with Gasteiger partial charge in [0, 0.05) is 6.54 Å². The molecule has 1 heterocycles. The standard InChI is InChI=1S/C24H42N2O5/c1-7-8-14-30-20-17-26(23(29)25-21(20)27)13-11-9-10-12-15-31-22(28)24(6,19(4)5)16-18(2)3/h17-19H,7-16H2,1-6H3,(H,25,27,29). The van der Waals surface area contributed by atoms with Crippen LogP contribution in [0.25, 0.3) is 0 Å². The van der Waals surface area contributed by atoms with Crippen LogP contribution in [0.5, 0.6) is 5.75 Å². The van der Waals surface area contributed by atoms with Gasteiger partial charge in [-0.25, -0.2) is 4.79 Å². The summed E-state index contributed by atoms with van der Waals surface area (Å²) in [5.74, 6) is 0.754. The zero-order valence-corrected chi connectivity index (χ0v) is 20.3. The van der Waals surface area contributed by atoms with Crippen molar-refractivity contribution in [3.05, 3.63) is 27.0 Å². The van der Waals surface area contributed by atoms with Crippen LogP contribution in [0.1, 0.15) is 86.5 Å². The van der Waals surface area contributed by atoms with E-state index in [4.69, 9.17) is 9.47 Å². The summed E-state index contributed by atoms with van der Waals surface area (Å²) in [5.41, 5.74) is -1.35. The molecular formula is C24H42N2O5. The third-order valence-corrected chi connectivity index (χ3v) is 5.83. The summed E-state index contributed by atoms with van der Waals surface area (Å²) in [5, 5.41) is 0. The van der Waals surface area contributed by atoms with E-state index in [9.17, 15) is 14.4 Å². The number of aryl methyl sites for hydroxylation is 1. The number of aromatic amines is 1. The Morgan fingerprint density at radius 3 is 2.35 bits per heavy atom. The minimum Gasteiger partial charge on any atom is -0.487 e. The van der Waals surface area contributed by atoms with Crippen LogP contribution in [0.2, 0.25) is 0 Å². The lowest BCUT2D eigenvalue weighted by molar-refractivity contribution is -0.159. The number of nitrogens with one attached hydrogen (secondary N) is 1. The second-order valence-electron chi connectivity index (χ2n) is 9.37. The first-order valence-electron chi connectivity index (χ1n) is 11.8. The molecule has 0 spiro atoms. The second-order valence-corrected chi connectivity index (χ2v) is 9.37. The average Bonchev–Trinajstić information content (AvgIpc) is 2.69. The lowest BCUT2D eigenvalue weighted by Gasteiger charge is -2.32. The molecule has 0 bridgehead atoms. The van der Waals surface area contributed by atoms with Gasteiger partial charge in [0.05, 0.1) is 24.8 Å². The maximum absolute atomic E-state index is 12.6. The van der Waals surface area contributed by atoms with Crippen LogP contribution in [0.15, 0.2) is 15.8 Å². The smallest absolute Gasteiger partial charge is 0.328 e. The zero-order valence-electron chi connectivity index (χ0n) is 20.3. The molecule has 1 atom stereocenters. The Bertz CT molecular complexity index is 781. The molecule has 1 unspecified atom stereocenters. The first-order chi connectivity index (χ1) is 14.6. The third kappa shape index (κ3) is 8.91. The Morgan fingerprint density at radius 1 is 1.06 bits per heavy atom. The Morgan fingerprint density at radius 2 is 1.74 bits per heavy atom. The number of hydrogen-bond donors (Lipinski definition) is 1. The number of nitrogens with zero attached hydrogens (tertiary/aromatic N) is 1. The van der Waals surface area contributed by atoms with Gasteiger partial charge in [0.25, 0.3) is 5.56 Å². The molecule has 0 fully saturated rings. The van der Waals surface area contributed by atoms with Crippen molar-refractivity contribution in [3.8, 4) is 5.75 Å². The fourth-order valence-electron chi connectivity index (χ4n) is 3.55. The summed E-state index contributed by atoms with van der Waals surface area (Å²) in [4.78, 5) is 38.7. The Kier molecular flexibility index (Phi) is 11.6. The summed E-state index contributed by atoms with van der Waals surface area (Å²) in [6, 6.07) is 0. The molecule has 1 aromatic rings. The lowest BCUT2D eigenvalue weighted by Crippen LogP contribution is -2.36. The van der Waals surface area contributed by atoms with E-state index in [-0.39, 0.29) is 17.6 Å². The monoisotopic (exact) mass is 438 g/mol. The normalized spacial score (nSPS) is 13.4. The quantitative estimate of drug-likeness (QED) is 0.321. The van der Waals surface area contributed by atoms with E-state index in [0.29, 0.717) is 25.7 Å². The molecule has 1 aromatic heterocycles. The fraction of sp³-hybridized carbons (Fsp3) is 0.792. The average molecular weight is 439 g/mol. The molecule has 0 aliphatic carbocycles. The molecule has 0 amide bonds. The number of unbranched alkanes of at least 4 members (excludes halogenated alkanes) is 4. The molecule has 0 saturated heterocycles. The Labute approximate surface area is 186 Å². The number of ether oxygens (including phenoxy) is 2. The summed E-state index contributed by atoms with van der Waals surface area (Å²) in [6.45, 7) is 13.8. The predicted octanol–water partition coefficient (Wildman–Crippen LogP) is 4.53. The molecule has 178 valence electrons. The van der Waals surface area contributed by atoms with E-state index in [1.54, 1.807) is 0 Å². The molecule has 0 saturated carbocycles. The number of aromatic nitrogens is 2. The van der Waals surface area contributed by atoms with Crippen molar-refractivity contribution < 1.29 is 14.3 Å². The van der Waals surface area contributed by atoms with Crippen LogP contribution in [-0.4, -0.2) is 28.7 Å². The van der Waals surface area contributed by atoms with Crippen molar-refractivity contribution in [2.24, 2.45) is 17.3 Å². The van der Waals surface area contributed by atoms with E-state index in [1.807, 2.05) is 13.8 Å². The first kappa shape index (κ1) is 27.0. The van der Waals surface area contributed by atoms with E-state index < -0.39 is 16.7 Å². The van der Waals surface area contributed by atoms with E-state index in [2.05, 4.69) is 32.7 Å². The third-order valence-electron chi connectivity index (χ3n) is 5.83. The Hall–Kier alpha value is -2.05.